The maximum atomic E-state index is 11.8. The fourth-order valence-electron chi connectivity index (χ4n) is 1.59. The Bertz CT molecular complexity index is 486. The zero-order chi connectivity index (χ0) is 12.8. The largest absolute Gasteiger partial charge is 0.299 e. The third-order valence-electron chi connectivity index (χ3n) is 2.69. The highest BCUT2D eigenvalue weighted by Gasteiger charge is 2.04. The van der Waals surface area contributed by atoms with Crippen molar-refractivity contribution < 1.29 is 4.79 Å². The third kappa shape index (κ3) is 4.31. The molecule has 0 amide bonds. The van der Waals surface area contributed by atoms with Gasteiger partial charge in [-0.25, -0.2) is 0 Å². The van der Waals surface area contributed by atoms with Crippen molar-refractivity contribution in [2.24, 2.45) is 0 Å². The molecule has 2 rings (SSSR count). The number of hydrogen-bond acceptors (Lipinski definition) is 3. The molecule has 0 aliphatic heterocycles. The number of benzene rings is 1. The average molecular weight is 276 g/mol. The summed E-state index contributed by atoms with van der Waals surface area (Å²) in [6.45, 7) is 2.07. The topological polar surface area (TPSA) is 17.1 Å². The molecule has 0 saturated heterocycles. The molecule has 0 fully saturated rings. The molecule has 0 saturated carbocycles. The average Bonchev–Trinajstić information content (AvgIpc) is 2.89. The summed E-state index contributed by atoms with van der Waals surface area (Å²) in [5.74, 6) is 0.902. The van der Waals surface area contributed by atoms with Crippen molar-refractivity contribution in [3.8, 4) is 0 Å². The van der Waals surface area contributed by atoms with Gasteiger partial charge in [-0.05, 0) is 47.9 Å². The number of rotatable bonds is 6. The summed E-state index contributed by atoms with van der Waals surface area (Å²) in [6, 6.07) is 10.4. The molecule has 18 heavy (non-hydrogen) atoms. The van der Waals surface area contributed by atoms with E-state index in [4.69, 9.17) is 0 Å². The van der Waals surface area contributed by atoms with E-state index in [-0.39, 0.29) is 0 Å². The molecule has 0 atom stereocenters. The van der Waals surface area contributed by atoms with E-state index in [1.165, 1.54) is 16.0 Å². The SMILES string of the molecule is Cc1ccc(SCC(=O)CCc2ccsc2)cc1. The first-order valence-corrected chi connectivity index (χ1v) is 7.89. The molecular weight excluding hydrogens is 260 g/mol. The number of thioether (sulfide) groups is 1. The van der Waals surface area contributed by atoms with Gasteiger partial charge in [-0.1, -0.05) is 17.7 Å². The minimum atomic E-state index is 0.326. The van der Waals surface area contributed by atoms with E-state index in [1.807, 2.05) is 0 Å². The second-order valence-corrected chi connectivity index (χ2v) is 6.10. The standard InChI is InChI=1S/C15H16OS2/c1-12-2-6-15(7-3-12)18-11-14(16)5-4-13-8-9-17-10-13/h2-3,6-10H,4-5,11H2,1H3. The molecule has 94 valence electrons. The van der Waals surface area contributed by atoms with Gasteiger partial charge in [0.2, 0.25) is 0 Å². The van der Waals surface area contributed by atoms with Crippen molar-refractivity contribution in [2.45, 2.75) is 24.7 Å². The van der Waals surface area contributed by atoms with Gasteiger partial charge in [0.05, 0.1) is 5.75 Å². The molecule has 0 aliphatic carbocycles. The van der Waals surface area contributed by atoms with Crippen LogP contribution in [0.25, 0.3) is 0 Å². The molecule has 0 aliphatic rings. The van der Waals surface area contributed by atoms with Gasteiger partial charge >= 0.3 is 0 Å². The van der Waals surface area contributed by atoms with Gasteiger partial charge in [0.1, 0.15) is 5.78 Å². The molecule has 1 aromatic carbocycles. The van der Waals surface area contributed by atoms with E-state index in [2.05, 4.69) is 48.0 Å². The normalized spacial score (nSPS) is 10.5. The molecule has 0 bridgehead atoms. The van der Waals surface area contributed by atoms with Gasteiger partial charge < -0.3 is 0 Å². The molecule has 1 aromatic heterocycles. The second-order valence-electron chi connectivity index (χ2n) is 4.27. The van der Waals surface area contributed by atoms with Crippen molar-refractivity contribution in [3.63, 3.8) is 0 Å². The number of aryl methyl sites for hydroxylation is 2. The van der Waals surface area contributed by atoms with Crippen LogP contribution in [0.5, 0.6) is 0 Å². The van der Waals surface area contributed by atoms with Gasteiger partial charge in [-0.3, -0.25) is 4.79 Å². The van der Waals surface area contributed by atoms with E-state index in [0.717, 1.165) is 6.42 Å². The smallest absolute Gasteiger partial charge is 0.143 e. The van der Waals surface area contributed by atoms with Crippen LogP contribution in [-0.2, 0) is 11.2 Å². The van der Waals surface area contributed by atoms with Gasteiger partial charge in [-0.2, -0.15) is 11.3 Å². The number of carbonyl (C=O) groups excluding carboxylic acids is 1. The number of Topliss-reactive ketones (excluding diaryl/α,β-unsaturated/α-hetero) is 1. The number of carbonyl (C=O) groups is 1. The van der Waals surface area contributed by atoms with E-state index in [9.17, 15) is 4.79 Å². The molecule has 1 heterocycles. The van der Waals surface area contributed by atoms with Crippen LogP contribution in [-0.4, -0.2) is 11.5 Å². The van der Waals surface area contributed by atoms with Crippen molar-refractivity contribution in [3.05, 3.63) is 52.2 Å². The van der Waals surface area contributed by atoms with E-state index in [1.54, 1.807) is 23.1 Å². The Morgan fingerprint density at radius 2 is 2.00 bits per heavy atom. The van der Waals surface area contributed by atoms with Gasteiger partial charge in [-0.15, -0.1) is 11.8 Å². The Balaban J connectivity index is 1.73. The Morgan fingerprint density at radius 1 is 1.22 bits per heavy atom. The lowest BCUT2D eigenvalue weighted by atomic mass is 10.1. The highest BCUT2D eigenvalue weighted by molar-refractivity contribution is 8.00. The summed E-state index contributed by atoms with van der Waals surface area (Å²) in [4.78, 5) is 12.9. The first-order valence-electron chi connectivity index (χ1n) is 5.96. The van der Waals surface area contributed by atoms with Gasteiger partial charge in [0.25, 0.3) is 0 Å². The predicted molar refractivity (Wildman–Crippen MR) is 79.6 cm³/mol. The van der Waals surface area contributed by atoms with Crippen LogP contribution in [0.2, 0.25) is 0 Å². The van der Waals surface area contributed by atoms with Crippen molar-refractivity contribution in [2.75, 3.05) is 5.75 Å². The zero-order valence-electron chi connectivity index (χ0n) is 10.4. The van der Waals surface area contributed by atoms with Crippen LogP contribution >= 0.6 is 23.1 Å². The second kappa shape index (κ2) is 6.76. The first-order chi connectivity index (χ1) is 8.74. The Morgan fingerprint density at radius 3 is 2.67 bits per heavy atom. The summed E-state index contributed by atoms with van der Waals surface area (Å²) < 4.78 is 0. The number of hydrogen-bond donors (Lipinski definition) is 0. The fraction of sp³-hybridized carbons (Fsp3) is 0.267. The quantitative estimate of drug-likeness (QED) is 0.730. The number of ketones is 1. The van der Waals surface area contributed by atoms with Crippen LogP contribution in [0.3, 0.4) is 0 Å². The van der Waals surface area contributed by atoms with Crippen LogP contribution in [0.15, 0.2) is 46.0 Å². The predicted octanol–water partition coefficient (Wildman–Crippen LogP) is 4.35. The Labute approximate surface area is 116 Å². The number of thiophene rings is 1. The highest BCUT2D eigenvalue weighted by atomic mass is 32.2. The van der Waals surface area contributed by atoms with E-state index < -0.39 is 0 Å². The Kier molecular flexibility index (Phi) is 5.02. The fourth-order valence-corrected chi connectivity index (χ4v) is 3.09. The molecule has 2 aromatic rings. The lowest BCUT2D eigenvalue weighted by Gasteiger charge is -2.01. The molecule has 3 heteroatoms. The van der Waals surface area contributed by atoms with Crippen LogP contribution in [0, 0.1) is 6.92 Å². The minimum Gasteiger partial charge on any atom is -0.299 e. The summed E-state index contributed by atoms with van der Waals surface area (Å²) in [6.07, 6.45) is 1.52. The summed E-state index contributed by atoms with van der Waals surface area (Å²) >= 11 is 3.31. The summed E-state index contributed by atoms with van der Waals surface area (Å²) in [7, 11) is 0. The van der Waals surface area contributed by atoms with Crippen LogP contribution in [0.4, 0.5) is 0 Å². The molecule has 0 unspecified atom stereocenters. The molecule has 1 nitrogen and oxygen atoms in total. The van der Waals surface area contributed by atoms with Crippen molar-refractivity contribution in [1.82, 2.24) is 0 Å². The Hall–Kier alpha value is -1.06. The molecular formula is C15H16OS2. The summed E-state index contributed by atoms with van der Waals surface area (Å²) in [5, 5.41) is 4.17. The van der Waals surface area contributed by atoms with Gasteiger partial charge in [0, 0.05) is 11.3 Å². The van der Waals surface area contributed by atoms with Crippen molar-refractivity contribution in [1.29, 1.82) is 0 Å². The molecule has 0 spiro atoms. The maximum Gasteiger partial charge on any atom is 0.143 e. The van der Waals surface area contributed by atoms with Gasteiger partial charge in [0.15, 0.2) is 0 Å². The molecule has 0 N–H and O–H groups in total. The monoisotopic (exact) mass is 276 g/mol. The van der Waals surface area contributed by atoms with Crippen LogP contribution in [0.1, 0.15) is 17.5 Å². The van der Waals surface area contributed by atoms with E-state index in [0.29, 0.717) is 18.0 Å². The molecule has 0 radical (unpaired) electrons. The van der Waals surface area contributed by atoms with E-state index >= 15 is 0 Å². The zero-order valence-corrected chi connectivity index (χ0v) is 12.0. The highest BCUT2D eigenvalue weighted by Crippen LogP contribution is 2.19. The lowest BCUT2D eigenvalue weighted by Crippen LogP contribution is -2.02. The van der Waals surface area contributed by atoms with Crippen molar-refractivity contribution >= 4 is 28.9 Å². The van der Waals surface area contributed by atoms with Crippen LogP contribution < -0.4 is 0 Å². The first kappa shape index (κ1) is 13.4. The maximum absolute atomic E-state index is 11.8. The lowest BCUT2D eigenvalue weighted by molar-refractivity contribution is -0.116. The third-order valence-corrected chi connectivity index (χ3v) is 4.50. The summed E-state index contributed by atoms with van der Waals surface area (Å²) in [5.41, 5.74) is 2.52. The minimum absolute atomic E-state index is 0.326.